The smallest absolute Gasteiger partial charge is 0.275 e. The molecule has 0 saturated carbocycles. The molecular formula is C55H67F2N9O9S2. The van der Waals surface area contributed by atoms with Crippen LogP contribution in [0.25, 0.3) is 21.7 Å². The van der Waals surface area contributed by atoms with Crippen LogP contribution in [0.1, 0.15) is 108 Å². The SMILES string of the molecule is Cc1ncsc1-c1ccc(ONC(=O)[C@@H]2C[C@@H](O)CN2C(=O)[C@@H](NC(CCCCCCCCCC=O)NC(=O)C2=C(CS(C)(=O)=O)c3ccn(C)c(=O)c3C3=C4C2=CN(c2ncc(F)cc2F)C4CCN3)C(C)(C)C)cc1. The number of hydrogen-bond acceptors (Lipinski definition) is 15. The lowest BCUT2D eigenvalue weighted by Gasteiger charge is -2.38. The third kappa shape index (κ3) is 12.9. The molecule has 6 heterocycles. The maximum atomic E-state index is 15.8. The van der Waals surface area contributed by atoms with Crippen molar-refractivity contribution in [3.8, 4) is 16.2 Å². The molecule has 1 fully saturated rings. The number of benzene rings is 1. The van der Waals surface area contributed by atoms with Gasteiger partial charge in [-0.2, -0.15) is 5.48 Å². The zero-order valence-electron chi connectivity index (χ0n) is 44.2. The van der Waals surface area contributed by atoms with E-state index in [1.165, 1.54) is 38.1 Å². The molecule has 4 aromatic rings. The van der Waals surface area contributed by atoms with Crippen molar-refractivity contribution < 1.29 is 46.3 Å². The van der Waals surface area contributed by atoms with Gasteiger partial charge in [0.15, 0.2) is 27.2 Å². The molecule has 5 atom stereocenters. The number of carbonyl (C=O) groups is 4. The summed E-state index contributed by atoms with van der Waals surface area (Å²) in [6.07, 6.45) is 10.5. The first-order valence-electron chi connectivity index (χ1n) is 26.0. The number of thiazole rings is 1. The number of amides is 3. The molecule has 2 unspecified atom stereocenters. The number of aldehydes is 1. The lowest BCUT2D eigenvalue weighted by molar-refractivity contribution is -0.145. The molecule has 8 rings (SSSR count). The number of carbonyl (C=O) groups excluding carboxylic acids is 4. The zero-order valence-corrected chi connectivity index (χ0v) is 45.8. The number of aryl methyl sites for hydroxylation is 2. The lowest BCUT2D eigenvalue weighted by atomic mass is 9.85. The molecule has 18 nitrogen and oxygen atoms in total. The number of sulfone groups is 1. The molecule has 0 bridgehead atoms. The fourth-order valence-electron chi connectivity index (χ4n) is 10.6. The highest BCUT2D eigenvalue weighted by atomic mass is 32.2. The summed E-state index contributed by atoms with van der Waals surface area (Å²) >= 11 is 1.50. The average molecular weight is 1100 g/mol. The second-order valence-electron chi connectivity index (χ2n) is 21.3. The topological polar surface area (TPSA) is 234 Å². The summed E-state index contributed by atoms with van der Waals surface area (Å²) < 4.78 is 58.5. The summed E-state index contributed by atoms with van der Waals surface area (Å²) in [5.41, 5.74) is 5.85. The van der Waals surface area contributed by atoms with Crippen LogP contribution in [0.5, 0.6) is 5.75 Å². The fourth-order valence-corrected chi connectivity index (χ4v) is 12.3. The van der Waals surface area contributed by atoms with Crippen LogP contribution in [0.3, 0.4) is 0 Å². The van der Waals surface area contributed by atoms with Crippen LogP contribution in [-0.2, 0) is 36.1 Å². The number of pyridine rings is 2. The molecule has 0 spiro atoms. The van der Waals surface area contributed by atoms with Crippen molar-refractivity contribution in [1.82, 2.24) is 40.9 Å². The Hall–Kier alpha value is -6.62. The van der Waals surface area contributed by atoms with E-state index in [-0.39, 0.29) is 53.1 Å². The zero-order chi connectivity index (χ0) is 55.3. The second kappa shape index (κ2) is 24.0. The quantitative estimate of drug-likeness (QED) is 0.0263. The Labute approximate surface area is 451 Å². The molecule has 3 amide bonds. The molecule has 1 aromatic carbocycles. The van der Waals surface area contributed by atoms with Crippen LogP contribution in [0, 0.1) is 24.0 Å². The predicted molar refractivity (Wildman–Crippen MR) is 289 cm³/mol. The first-order valence-corrected chi connectivity index (χ1v) is 29.0. The van der Waals surface area contributed by atoms with E-state index in [9.17, 15) is 32.3 Å². The van der Waals surface area contributed by atoms with Crippen LogP contribution < -0.4 is 36.7 Å². The Morgan fingerprint density at radius 3 is 2.42 bits per heavy atom. The Bertz CT molecular complexity index is 3170. The van der Waals surface area contributed by atoms with Crippen molar-refractivity contribution in [2.24, 2.45) is 12.5 Å². The largest absolute Gasteiger partial charge is 0.391 e. The van der Waals surface area contributed by atoms with E-state index >= 15 is 14.0 Å². The van der Waals surface area contributed by atoms with E-state index in [1.807, 2.05) is 39.8 Å². The Morgan fingerprint density at radius 1 is 1.04 bits per heavy atom. The molecular weight excluding hydrogens is 1030 g/mol. The Kier molecular flexibility index (Phi) is 17.6. The van der Waals surface area contributed by atoms with E-state index in [0.717, 1.165) is 73.4 Å². The highest BCUT2D eigenvalue weighted by molar-refractivity contribution is 7.91. The van der Waals surface area contributed by atoms with Crippen molar-refractivity contribution in [3.63, 3.8) is 0 Å². The molecule has 1 aliphatic carbocycles. The third-order valence-corrected chi connectivity index (χ3v) is 16.2. The number of rotatable bonds is 22. The van der Waals surface area contributed by atoms with Gasteiger partial charge in [0, 0.05) is 68.8 Å². The van der Waals surface area contributed by atoms with Gasteiger partial charge < -0.3 is 39.7 Å². The highest BCUT2D eigenvalue weighted by Gasteiger charge is 2.47. The van der Waals surface area contributed by atoms with Crippen LogP contribution in [0.15, 0.2) is 82.0 Å². The van der Waals surface area contributed by atoms with Crippen molar-refractivity contribution in [2.45, 2.75) is 129 Å². The number of nitrogens with one attached hydrogen (secondary N) is 4. The van der Waals surface area contributed by atoms with Crippen molar-refractivity contribution in [2.75, 3.05) is 30.0 Å². The number of β-amino-alcohol motifs (C(OH)–C–C–N with tert-alkyl or cyclic N) is 1. The van der Waals surface area contributed by atoms with Crippen LogP contribution in [0.2, 0.25) is 0 Å². The van der Waals surface area contributed by atoms with Crippen molar-refractivity contribution >= 4 is 62.3 Å². The molecule has 3 aromatic heterocycles. The number of aliphatic hydroxyl groups excluding tert-OH is 1. The predicted octanol–water partition coefficient (Wildman–Crippen LogP) is 6.01. The number of likely N-dealkylation sites (tertiary alicyclic amines) is 1. The van der Waals surface area contributed by atoms with E-state index in [0.29, 0.717) is 48.9 Å². The van der Waals surface area contributed by atoms with Crippen molar-refractivity contribution in [3.05, 3.63) is 116 Å². The van der Waals surface area contributed by atoms with Gasteiger partial charge in [-0.05, 0) is 78.6 Å². The molecule has 5 N–H and O–H groups in total. The number of hydroxylamine groups is 1. The van der Waals surface area contributed by atoms with E-state index in [2.05, 4.69) is 31.4 Å². The minimum Gasteiger partial charge on any atom is -0.391 e. The van der Waals surface area contributed by atoms with Gasteiger partial charge >= 0.3 is 0 Å². The maximum Gasteiger partial charge on any atom is 0.275 e. The summed E-state index contributed by atoms with van der Waals surface area (Å²) in [4.78, 5) is 87.7. The lowest BCUT2D eigenvalue weighted by Crippen LogP contribution is -2.61. The molecule has 1 saturated heterocycles. The van der Waals surface area contributed by atoms with Gasteiger partial charge in [0.2, 0.25) is 5.91 Å². The van der Waals surface area contributed by atoms with Gasteiger partial charge in [-0.1, -0.05) is 59.3 Å². The maximum absolute atomic E-state index is 15.8. The summed E-state index contributed by atoms with van der Waals surface area (Å²) in [5, 5.41) is 20.9. The standard InChI is InChI=1S/C55H67F2N9O9S2/c1-32-48(76-31-60-32)33-16-18-36(19-17-33)75-63-51(69)42-26-35(68)28-66(42)54(72)49(55(2,3)4)61-43(15-13-11-9-7-8-10-12-14-24-67)62-52(70)44-38-29-65(50-40(57)25-34(56)27-59-50)41-20-22-58-47(45(38)41)46-37(21-23-64(5)53(46)71)39(44)30-77(6,73)74/h16-19,21,23-25,27,29,31,35,41-43,49,58,61,68H,7-15,20,22,26,28,30H2,1-6H3,(H,62,70)(H,63,69)/t35-,41?,42+,43?,49-/m1/s1. The normalized spacial score (nSPS) is 19.0. The molecule has 22 heteroatoms. The first kappa shape index (κ1) is 56.6. The molecule has 0 radical (unpaired) electrons. The number of fused-ring (bicyclic) bond motifs is 2. The van der Waals surface area contributed by atoms with E-state index in [4.69, 9.17) is 4.84 Å². The van der Waals surface area contributed by atoms with E-state index in [1.54, 1.807) is 30.8 Å². The van der Waals surface area contributed by atoms with Crippen LogP contribution in [-0.4, -0.2) is 112 Å². The monoisotopic (exact) mass is 1100 g/mol. The average Bonchev–Trinajstić information content (AvgIpc) is 4.12. The number of hydrogen-bond donors (Lipinski definition) is 5. The molecule has 3 aliphatic heterocycles. The summed E-state index contributed by atoms with van der Waals surface area (Å²) in [5.74, 6) is -4.42. The van der Waals surface area contributed by atoms with E-state index < -0.39 is 86.3 Å². The summed E-state index contributed by atoms with van der Waals surface area (Å²) in [6.45, 7) is 7.53. The number of aliphatic hydroxyl groups is 1. The third-order valence-electron chi connectivity index (χ3n) is 14.4. The molecule has 412 valence electrons. The van der Waals surface area contributed by atoms with Gasteiger partial charge in [0.05, 0.1) is 69.2 Å². The minimum atomic E-state index is -3.95. The van der Waals surface area contributed by atoms with Crippen molar-refractivity contribution in [1.29, 1.82) is 0 Å². The highest BCUT2D eigenvalue weighted by Crippen LogP contribution is 2.47. The number of aromatic nitrogens is 3. The second-order valence-corrected chi connectivity index (χ2v) is 24.3. The van der Waals surface area contributed by atoms with Gasteiger partial charge in [-0.15, -0.1) is 11.3 Å². The van der Waals surface area contributed by atoms with Crippen LogP contribution in [0.4, 0.5) is 14.6 Å². The molecule has 77 heavy (non-hydrogen) atoms. The number of anilines is 1. The fraction of sp³-hybridized carbons (Fsp3) is 0.473. The van der Waals surface area contributed by atoms with Gasteiger partial charge in [-0.3, -0.25) is 24.5 Å². The van der Waals surface area contributed by atoms with Gasteiger partial charge in [0.1, 0.15) is 18.1 Å². The number of halogens is 2. The van der Waals surface area contributed by atoms with Gasteiger partial charge in [-0.25, -0.2) is 27.2 Å². The Morgan fingerprint density at radius 2 is 1.75 bits per heavy atom. The number of nitrogens with zero attached hydrogens (tertiary/aromatic N) is 5. The minimum absolute atomic E-state index is 0.0121. The Balaban J connectivity index is 1.13. The summed E-state index contributed by atoms with van der Waals surface area (Å²) in [6, 6.07) is 6.41. The van der Waals surface area contributed by atoms with Gasteiger partial charge in [0.25, 0.3) is 17.4 Å². The molecule has 4 aliphatic rings. The number of unbranched alkanes of at least 4 members (excludes halogenated alkanes) is 7. The first-order chi connectivity index (χ1) is 36.6. The van der Waals surface area contributed by atoms with Crippen LogP contribution >= 0.6 is 11.3 Å². The summed E-state index contributed by atoms with van der Waals surface area (Å²) in [7, 11) is -2.40.